The summed E-state index contributed by atoms with van der Waals surface area (Å²) in [5.74, 6) is 1.28. The Bertz CT molecular complexity index is 1000. The van der Waals surface area contributed by atoms with E-state index >= 15 is 0 Å². The first-order valence-corrected chi connectivity index (χ1v) is 9.77. The molecule has 29 heavy (non-hydrogen) atoms. The zero-order valence-electron chi connectivity index (χ0n) is 16.1. The number of nitrogens with zero attached hydrogens (tertiary/aromatic N) is 5. The molecule has 1 saturated heterocycles. The number of carbonyl (C=O) groups is 1. The summed E-state index contributed by atoms with van der Waals surface area (Å²) in [6, 6.07) is 3.69. The van der Waals surface area contributed by atoms with Gasteiger partial charge in [-0.25, -0.2) is 4.79 Å². The maximum atomic E-state index is 12.3. The first-order valence-electron chi connectivity index (χ1n) is 9.77. The molecule has 0 unspecified atom stereocenters. The van der Waals surface area contributed by atoms with Crippen LogP contribution in [0.25, 0.3) is 22.7 Å². The van der Waals surface area contributed by atoms with E-state index in [1.807, 2.05) is 19.1 Å². The monoisotopic (exact) mass is 395 g/mol. The largest absolute Gasteiger partial charge is 0.443 e. The van der Waals surface area contributed by atoms with Crippen molar-refractivity contribution in [3.05, 3.63) is 36.6 Å². The highest BCUT2D eigenvalue weighted by molar-refractivity contribution is 5.68. The van der Waals surface area contributed by atoms with Gasteiger partial charge < -0.3 is 18.7 Å². The predicted octanol–water partition coefficient (Wildman–Crippen LogP) is 3.66. The molecule has 2 fully saturated rings. The van der Waals surface area contributed by atoms with Crippen LogP contribution in [-0.2, 0) is 4.74 Å². The zero-order chi connectivity index (χ0) is 19.8. The van der Waals surface area contributed by atoms with Gasteiger partial charge in [0, 0.05) is 30.8 Å². The lowest BCUT2D eigenvalue weighted by Crippen LogP contribution is -2.40. The van der Waals surface area contributed by atoms with Gasteiger partial charge in [0.15, 0.2) is 5.82 Å². The molecule has 3 aromatic rings. The minimum absolute atomic E-state index is 0.160. The van der Waals surface area contributed by atoms with Gasteiger partial charge >= 0.3 is 6.09 Å². The Labute approximate surface area is 167 Å². The van der Waals surface area contributed by atoms with Crippen LogP contribution in [-0.4, -0.2) is 50.0 Å². The number of amides is 1. The van der Waals surface area contributed by atoms with Crippen LogP contribution in [0.5, 0.6) is 0 Å². The van der Waals surface area contributed by atoms with Crippen LogP contribution in [0, 0.1) is 0 Å². The molecular weight excluding hydrogens is 374 g/mol. The van der Waals surface area contributed by atoms with E-state index in [0.29, 0.717) is 24.8 Å². The van der Waals surface area contributed by atoms with Gasteiger partial charge in [-0.15, -0.1) is 0 Å². The first-order chi connectivity index (χ1) is 14.1. The lowest BCUT2D eigenvalue weighted by atomic mass is 9.96. The van der Waals surface area contributed by atoms with Gasteiger partial charge in [-0.05, 0) is 44.7 Å². The second kappa shape index (κ2) is 6.98. The van der Waals surface area contributed by atoms with Crippen LogP contribution in [0.3, 0.4) is 0 Å². The molecule has 9 heteroatoms. The number of rotatable bonds is 4. The average molecular weight is 395 g/mol. The van der Waals surface area contributed by atoms with Crippen molar-refractivity contribution in [1.29, 1.82) is 0 Å². The van der Waals surface area contributed by atoms with Gasteiger partial charge in [-0.2, -0.15) is 4.98 Å². The zero-order valence-corrected chi connectivity index (χ0v) is 16.1. The molecule has 1 saturated carbocycles. The number of piperidine rings is 1. The summed E-state index contributed by atoms with van der Waals surface area (Å²) in [7, 11) is 0. The number of carbonyl (C=O) groups excluding carboxylic acids is 1. The Morgan fingerprint density at radius 3 is 2.83 bits per heavy atom. The SMILES string of the molecule is CC1(OC(=O)N2CCC(c3noc(-c4ccnc(-c5cnoc5)c4)n3)CC2)CC1. The Kier molecular flexibility index (Phi) is 4.30. The molecule has 2 aliphatic rings. The van der Waals surface area contributed by atoms with Gasteiger partial charge in [-0.3, -0.25) is 4.98 Å². The summed E-state index contributed by atoms with van der Waals surface area (Å²) in [5.41, 5.74) is 2.05. The molecule has 5 rings (SSSR count). The van der Waals surface area contributed by atoms with Gasteiger partial charge in [0.1, 0.15) is 11.9 Å². The smallest absolute Gasteiger partial charge is 0.410 e. The van der Waals surface area contributed by atoms with Gasteiger partial charge in [0.2, 0.25) is 0 Å². The molecule has 150 valence electrons. The Morgan fingerprint density at radius 1 is 1.28 bits per heavy atom. The maximum absolute atomic E-state index is 12.3. The standard InChI is InChI=1S/C20H21N5O4/c1-20(5-6-20)28-19(26)25-8-3-13(4-9-25)17-23-18(29-24-17)14-2-7-21-16(10-14)15-11-22-27-12-15/h2,7,10-13H,3-6,8-9H2,1H3. The normalized spacial score (nSPS) is 18.6. The fraction of sp³-hybridized carbons (Fsp3) is 0.450. The van der Waals surface area contributed by atoms with E-state index < -0.39 is 0 Å². The highest BCUT2D eigenvalue weighted by Crippen LogP contribution is 2.39. The molecule has 0 atom stereocenters. The highest BCUT2D eigenvalue weighted by atomic mass is 16.6. The summed E-state index contributed by atoms with van der Waals surface area (Å²) in [6.07, 6.45) is 8.09. The Balaban J connectivity index is 1.24. The molecule has 1 aliphatic carbocycles. The second-order valence-corrected chi connectivity index (χ2v) is 7.88. The molecule has 0 N–H and O–H groups in total. The van der Waals surface area contributed by atoms with E-state index in [1.165, 1.54) is 6.26 Å². The lowest BCUT2D eigenvalue weighted by molar-refractivity contribution is 0.0518. The van der Waals surface area contributed by atoms with Crippen molar-refractivity contribution in [2.75, 3.05) is 13.1 Å². The third-order valence-electron chi connectivity index (χ3n) is 5.58. The topological polar surface area (TPSA) is 107 Å². The molecule has 0 spiro atoms. The molecular formula is C20H21N5O4. The summed E-state index contributed by atoms with van der Waals surface area (Å²) in [5, 5.41) is 7.88. The summed E-state index contributed by atoms with van der Waals surface area (Å²) in [4.78, 5) is 22.9. The van der Waals surface area contributed by atoms with Crippen molar-refractivity contribution in [2.24, 2.45) is 0 Å². The van der Waals surface area contributed by atoms with Crippen molar-refractivity contribution in [3.63, 3.8) is 0 Å². The molecule has 9 nitrogen and oxygen atoms in total. The van der Waals surface area contributed by atoms with Crippen molar-refractivity contribution < 1.29 is 18.6 Å². The summed E-state index contributed by atoms with van der Waals surface area (Å²) < 4.78 is 15.9. The second-order valence-electron chi connectivity index (χ2n) is 7.88. The quantitative estimate of drug-likeness (QED) is 0.659. The molecule has 1 aliphatic heterocycles. The van der Waals surface area contributed by atoms with E-state index in [0.717, 1.165) is 42.5 Å². The minimum atomic E-state index is -0.244. The van der Waals surface area contributed by atoms with Gasteiger partial charge in [0.05, 0.1) is 17.5 Å². The van der Waals surface area contributed by atoms with E-state index in [4.69, 9.17) is 13.8 Å². The van der Waals surface area contributed by atoms with Crippen LogP contribution >= 0.6 is 0 Å². The summed E-state index contributed by atoms with van der Waals surface area (Å²) >= 11 is 0. The van der Waals surface area contributed by atoms with Crippen molar-refractivity contribution in [1.82, 2.24) is 25.2 Å². The molecule has 3 aromatic heterocycles. The van der Waals surface area contributed by atoms with E-state index in [2.05, 4.69) is 20.3 Å². The lowest BCUT2D eigenvalue weighted by Gasteiger charge is -2.30. The van der Waals surface area contributed by atoms with Crippen LogP contribution < -0.4 is 0 Å². The molecule has 0 aromatic carbocycles. The average Bonchev–Trinajstić information content (AvgIpc) is 3.18. The van der Waals surface area contributed by atoms with Crippen LogP contribution in [0.15, 0.2) is 39.8 Å². The summed E-state index contributed by atoms with van der Waals surface area (Å²) in [6.45, 7) is 3.25. The fourth-order valence-electron chi connectivity index (χ4n) is 3.44. The van der Waals surface area contributed by atoms with E-state index in [1.54, 1.807) is 17.3 Å². The molecule has 4 heterocycles. The van der Waals surface area contributed by atoms with Gasteiger partial charge in [-0.1, -0.05) is 10.3 Å². The van der Waals surface area contributed by atoms with Crippen molar-refractivity contribution in [3.8, 4) is 22.7 Å². The molecule has 1 amide bonds. The number of ether oxygens (including phenoxy) is 1. The third kappa shape index (κ3) is 3.72. The number of pyridine rings is 1. The Morgan fingerprint density at radius 2 is 2.10 bits per heavy atom. The minimum Gasteiger partial charge on any atom is -0.443 e. The Hall–Kier alpha value is -3.23. The van der Waals surface area contributed by atoms with Crippen molar-refractivity contribution >= 4 is 6.09 Å². The number of likely N-dealkylation sites (tertiary alicyclic amines) is 1. The third-order valence-corrected chi connectivity index (χ3v) is 5.58. The van der Waals surface area contributed by atoms with Crippen LogP contribution in [0.2, 0.25) is 0 Å². The van der Waals surface area contributed by atoms with Gasteiger partial charge in [0.25, 0.3) is 5.89 Å². The number of hydrogen-bond acceptors (Lipinski definition) is 8. The molecule has 0 bridgehead atoms. The predicted molar refractivity (Wildman–Crippen MR) is 101 cm³/mol. The molecule has 0 radical (unpaired) electrons. The van der Waals surface area contributed by atoms with E-state index in [9.17, 15) is 4.79 Å². The van der Waals surface area contributed by atoms with Crippen LogP contribution in [0.4, 0.5) is 4.79 Å². The van der Waals surface area contributed by atoms with E-state index in [-0.39, 0.29) is 17.6 Å². The number of hydrogen-bond donors (Lipinski definition) is 0. The number of aromatic nitrogens is 4. The highest BCUT2D eigenvalue weighted by Gasteiger charge is 2.43. The van der Waals surface area contributed by atoms with Crippen molar-refractivity contribution in [2.45, 2.75) is 44.1 Å². The fourth-order valence-corrected chi connectivity index (χ4v) is 3.44. The first kappa shape index (κ1) is 17.8. The maximum Gasteiger partial charge on any atom is 0.410 e. The van der Waals surface area contributed by atoms with Crippen LogP contribution in [0.1, 0.15) is 44.3 Å².